The van der Waals surface area contributed by atoms with E-state index in [4.69, 9.17) is 4.42 Å². The number of fused-ring (bicyclic) bond motifs is 1. The van der Waals surface area contributed by atoms with Gasteiger partial charge in [-0.1, -0.05) is 18.2 Å². The number of carbonyl (C=O) groups excluding carboxylic acids is 1. The molecule has 2 heterocycles. The highest BCUT2D eigenvalue weighted by Crippen LogP contribution is 2.25. The first-order chi connectivity index (χ1) is 13.6. The molecule has 0 fully saturated rings. The summed E-state index contributed by atoms with van der Waals surface area (Å²) in [6.07, 6.45) is 1.44. The number of hydrogen-bond donors (Lipinski definition) is 1. The number of furan rings is 1. The van der Waals surface area contributed by atoms with Crippen molar-refractivity contribution >= 4 is 23.0 Å². The van der Waals surface area contributed by atoms with Gasteiger partial charge in [0.15, 0.2) is 0 Å². The van der Waals surface area contributed by atoms with E-state index in [1.54, 1.807) is 24.3 Å². The maximum atomic E-state index is 13.2. The third-order valence-corrected chi connectivity index (χ3v) is 4.22. The summed E-state index contributed by atoms with van der Waals surface area (Å²) in [6, 6.07) is 18.6. The van der Waals surface area contributed by atoms with E-state index in [1.807, 2.05) is 37.3 Å². The number of pyridine rings is 1. The number of aromatic nitrogens is 1. The summed E-state index contributed by atoms with van der Waals surface area (Å²) in [5.74, 6) is 0.604. The maximum Gasteiger partial charge on any atom is 0.272 e. The number of carbonyl (C=O) groups is 1. The molecule has 0 saturated heterocycles. The molecule has 0 spiro atoms. The minimum absolute atomic E-state index is 0.329. The molecular formula is C22H16FN3O2. The van der Waals surface area contributed by atoms with E-state index in [0.29, 0.717) is 27.9 Å². The van der Waals surface area contributed by atoms with Gasteiger partial charge in [0.2, 0.25) is 0 Å². The summed E-state index contributed by atoms with van der Waals surface area (Å²) >= 11 is 0. The van der Waals surface area contributed by atoms with Crippen molar-refractivity contribution in [3.8, 4) is 11.3 Å². The van der Waals surface area contributed by atoms with Gasteiger partial charge in [-0.2, -0.15) is 5.10 Å². The summed E-state index contributed by atoms with van der Waals surface area (Å²) in [6.45, 7) is 1.83. The Bertz CT molecular complexity index is 1180. The first-order valence-corrected chi connectivity index (χ1v) is 8.66. The second kappa shape index (κ2) is 7.44. The van der Waals surface area contributed by atoms with E-state index in [1.165, 1.54) is 18.3 Å². The second-order valence-electron chi connectivity index (χ2n) is 6.23. The summed E-state index contributed by atoms with van der Waals surface area (Å²) in [5.41, 5.74) is 4.91. The number of hydrazone groups is 1. The van der Waals surface area contributed by atoms with Crippen LogP contribution in [0.4, 0.5) is 4.39 Å². The van der Waals surface area contributed by atoms with Crippen molar-refractivity contribution < 1.29 is 13.6 Å². The number of hydrogen-bond acceptors (Lipinski definition) is 4. The Morgan fingerprint density at radius 1 is 1.11 bits per heavy atom. The molecule has 5 nitrogen and oxygen atoms in total. The van der Waals surface area contributed by atoms with Gasteiger partial charge in [0, 0.05) is 10.9 Å². The topological polar surface area (TPSA) is 67.5 Å². The minimum atomic E-state index is -0.374. The molecule has 0 unspecified atom stereocenters. The highest BCUT2D eigenvalue weighted by atomic mass is 19.1. The van der Waals surface area contributed by atoms with Crippen LogP contribution in [0.1, 0.15) is 21.9 Å². The van der Waals surface area contributed by atoms with Crippen molar-refractivity contribution in [1.82, 2.24) is 10.4 Å². The fourth-order valence-corrected chi connectivity index (χ4v) is 2.87. The van der Waals surface area contributed by atoms with Crippen molar-refractivity contribution in [2.24, 2.45) is 5.10 Å². The molecule has 0 radical (unpaired) electrons. The Labute approximate surface area is 160 Å². The van der Waals surface area contributed by atoms with Gasteiger partial charge in [0.1, 0.15) is 17.3 Å². The van der Waals surface area contributed by atoms with Crippen LogP contribution in [-0.4, -0.2) is 17.1 Å². The molecule has 2 aromatic heterocycles. The van der Waals surface area contributed by atoms with Crippen molar-refractivity contribution in [3.63, 3.8) is 0 Å². The van der Waals surface area contributed by atoms with Gasteiger partial charge in [0.25, 0.3) is 5.91 Å². The molecule has 0 saturated carbocycles. The van der Waals surface area contributed by atoms with Gasteiger partial charge in [-0.3, -0.25) is 4.79 Å². The number of benzene rings is 2. The van der Waals surface area contributed by atoms with Crippen LogP contribution in [0.15, 0.2) is 76.2 Å². The summed E-state index contributed by atoms with van der Waals surface area (Å²) in [7, 11) is 0. The molecule has 1 N–H and O–H groups in total. The van der Waals surface area contributed by atoms with E-state index in [9.17, 15) is 9.18 Å². The van der Waals surface area contributed by atoms with Crippen molar-refractivity contribution in [2.45, 2.75) is 6.92 Å². The fourth-order valence-electron chi connectivity index (χ4n) is 2.87. The Morgan fingerprint density at radius 2 is 1.89 bits per heavy atom. The lowest BCUT2D eigenvalue weighted by molar-refractivity contribution is 0.0956. The van der Waals surface area contributed by atoms with Gasteiger partial charge in [0.05, 0.1) is 23.0 Å². The fraction of sp³-hybridized carbons (Fsp3) is 0.0455. The molecule has 0 atom stereocenters. The maximum absolute atomic E-state index is 13.2. The number of rotatable bonds is 4. The van der Waals surface area contributed by atoms with Gasteiger partial charge in [-0.05, 0) is 55.5 Å². The first-order valence-electron chi connectivity index (χ1n) is 8.66. The normalized spacial score (nSPS) is 11.2. The third-order valence-electron chi connectivity index (χ3n) is 4.22. The van der Waals surface area contributed by atoms with Crippen LogP contribution in [0.2, 0.25) is 0 Å². The smallest absolute Gasteiger partial charge is 0.272 e. The molecular weight excluding hydrogens is 357 g/mol. The summed E-state index contributed by atoms with van der Waals surface area (Å²) < 4.78 is 18.6. The van der Waals surface area contributed by atoms with Crippen LogP contribution >= 0.6 is 0 Å². The van der Waals surface area contributed by atoms with Gasteiger partial charge >= 0.3 is 0 Å². The van der Waals surface area contributed by atoms with E-state index in [-0.39, 0.29) is 11.7 Å². The van der Waals surface area contributed by atoms with Gasteiger partial charge in [-0.15, -0.1) is 0 Å². The molecule has 1 amide bonds. The Hall–Kier alpha value is -3.80. The van der Waals surface area contributed by atoms with E-state index in [0.717, 1.165) is 11.3 Å². The average Bonchev–Trinajstić information content (AvgIpc) is 3.12. The molecule has 0 aliphatic rings. The van der Waals surface area contributed by atoms with Crippen LogP contribution in [-0.2, 0) is 0 Å². The molecule has 138 valence electrons. The van der Waals surface area contributed by atoms with Crippen LogP contribution in [0.25, 0.3) is 22.2 Å². The lowest BCUT2D eigenvalue weighted by Crippen LogP contribution is -2.18. The third kappa shape index (κ3) is 3.66. The van der Waals surface area contributed by atoms with Crippen LogP contribution < -0.4 is 5.43 Å². The molecule has 6 heteroatoms. The highest BCUT2D eigenvalue weighted by molar-refractivity contribution is 6.07. The van der Waals surface area contributed by atoms with E-state index >= 15 is 0 Å². The van der Waals surface area contributed by atoms with Crippen molar-refractivity contribution in [2.75, 3.05) is 0 Å². The van der Waals surface area contributed by atoms with Gasteiger partial charge in [-0.25, -0.2) is 14.8 Å². The lowest BCUT2D eigenvalue weighted by atomic mass is 10.0. The molecule has 0 aliphatic heterocycles. The monoisotopic (exact) mass is 373 g/mol. The molecule has 0 aliphatic carbocycles. The first kappa shape index (κ1) is 17.6. The van der Waals surface area contributed by atoms with Gasteiger partial charge < -0.3 is 4.42 Å². The number of para-hydroxylation sites is 1. The zero-order valence-electron chi connectivity index (χ0n) is 15.0. The Morgan fingerprint density at radius 3 is 2.64 bits per heavy atom. The standard InChI is InChI=1S/C22H16FN3O2/c1-14-6-11-17(28-14)13-24-26-22(27)19-12-21(15-7-9-16(23)10-8-15)25-20-5-3-2-4-18(19)20/h2-13H,1H3,(H,26,27)/b24-13+. The van der Waals surface area contributed by atoms with Crippen molar-refractivity contribution in [3.05, 3.63) is 89.6 Å². The van der Waals surface area contributed by atoms with E-state index in [2.05, 4.69) is 15.5 Å². The number of amides is 1. The number of halogens is 1. The largest absolute Gasteiger partial charge is 0.460 e. The van der Waals surface area contributed by atoms with Crippen LogP contribution in [0.5, 0.6) is 0 Å². The summed E-state index contributed by atoms with van der Waals surface area (Å²) in [5, 5.41) is 4.67. The molecule has 2 aromatic carbocycles. The Balaban J connectivity index is 1.69. The SMILES string of the molecule is Cc1ccc(/C=N/NC(=O)c2cc(-c3ccc(F)cc3)nc3ccccc23)o1. The lowest BCUT2D eigenvalue weighted by Gasteiger charge is -2.09. The predicted molar refractivity (Wildman–Crippen MR) is 106 cm³/mol. The predicted octanol–water partition coefficient (Wildman–Crippen LogP) is 4.71. The number of nitrogens with one attached hydrogen (secondary N) is 1. The number of aryl methyl sites for hydroxylation is 1. The summed E-state index contributed by atoms with van der Waals surface area (Å²) in [4.78, 5) is 17.3. The molecule has 4 aromatic rings. The number of nitrogens with zero attached hydrogens (tertiary/aromatic N) is 2. The second-order valence-corrected chi connectivity index (χ2v) is 6.23. The minimum Gasteiger partial charge on any atom is -0.460 e. The quantitative estimate of drug-likeness (QED) is 0.416. The average molecular weight is 373 g/mol. The van der Waals surface area contributed by atoms with Crippen LogP contribution in [0, 0.1) is 12.7 Å². The molecule has 28 heavy (non-hydrogen) atoms. The molecule has 0 bridgehead atoms. The zero-order chi connectivity index (χ0) is 19.5. The zero-order valence-corrected chi connectivity index (χ0v) is 15.0. The van der Waals surface area contributed by atoms with E-state index < -0.39 is 0 Å². The van der Waals surface area contributed by atoms with Crippen LogP contribution in [0.3, 0.4) is 0 Å². The molecule has 4 rings (SSSR count). The van der Waals surface area contributed by atoms with Crippen molar-refractivity contribution in [1.29, 1.82) is 0 Å². The Kier molecular flexibility index (Phi) is 4.68. The highest BCUT2D eigenvalue weighted by Gasteiger charge is 2.13.